The number of thioether (sulfide) groups is 1. The van der Waals surface area contributed by atoms with Crippen LogP contribution in [0.15, 0.2) is 54.6 Å². The van der Waals surface area contributed by atoms with E-state index in [0.717, 1.165) is 18.4 Å². The number of nitrogens with zero attached hydrogens (tertiary/aromatic N) is 1. The summed E-state index contributed by atoms with van der Waals surface area (Å²) in [6, 6.07) is 16.4. The minimum Gasteiger partial charge on any atom is -0.350 e. The number of nitrogens with one attached hydrogen (secondary N) is 1. The molecule has 2 fully saturated rings. The summed E-state index contributed by atoms with van der Waals surface area (Å²) >= 11 is 7.77. The Morgan fingerprint density at radius 1 is 1.00 bits per heavy atom. The zero-order chi connectivity index (χ0) is 20.9. The van der Waals surface area contributed by atoms with Crippen LogP contribution in [0, 0.1) is 5.92 Å². The molecule has 2 unspecified atom stereocenters. The van der Waals surface area contributed by atoms with Gasteiger partial charge in [0, 0.05) is 22.9 Å². The van der Waals surface area contributed by atoms with Gasteiger partial charge in [0.15, 0.2) is 0 Å². The second-order valence-corrected chi connectivity index (χ2v) is 9.65. The Kier molecular flexibility index (Phi) is 7.00. The van der Waals surface area contributed by atoms with E-state index in [1.165, 1.54) is 19.3 Å². The van der Waals surface area contributed by atoms with E-state index in [9.17, 15) is 9.59 Å². The van der Waals surface area contributed by atoms with Crippen molar-refractivity contribution in [1.29, 1.82) is 0 Å². The molecule has 30 heavy (non-hydrogen) atoms. The van der Waals surface area contributed by atoms with Crippen LogP contribution in [0.4, 0.5) is 0 Å². The van der Waals surface area contributed by atoms with Crippen LogP contribution < -0.4 is 5.32 Å². The maximum absolute atomic E-state index is 13.5. The minimum absolute atomic E-state index is 0.0564. The first-order valence-electron chi connectivity index (χ1n) is 10.6. The van der Waals surface area contributed by atoms with Crippen molar-refractivity contribution in [2.24, 2.45) is 5.92 Å². The van der Waals surface area contributed by atoms with E-state index in [2.05, 4.69) is 5.32 Å². The molecule has 2 aliphatic rings. The van der Waals surface area contributed by atoms with Gasteiger partial charge in [0.1, 0.15) is 6.04 Å². The quantitative estimate of drug-likeness (QED) is 0.699. The fraction of sp³-hybridized carbons (Fsp3) is 0.417. The Bertz CT molecular complexity index is 869. The smallest absolute Gasteiger partial charge is 0.255 e. The molecule has 1 heterocycles. The molecule has 1 N–H and O–H groups in total. The predicted octanol–water partition coefficient (Wildman–Crippen LogP) is 5.12. The molecule has 1 aliphatic carbocycles. The fourth-order valence-electron chi connectivity index (χ4n) is 4.41. The molecule has 158 valence electrons. The fourth-order valence-corrected chi connectivity index (χ4v) is 6.18. The van der Waals surface area contributed by atoms with Crippen molar-refractivity contribution in [2.75, 3.05) is 5.75 Å². The van der Waals surface area contributed by atoms with Crippen molar-refractivity contribution in [3.05, 3.63) is 70.7 Å². The number of carbonyl (C=O) groups is 2. The molecule has 2 atom stereocenters. The first-order chi connectivity index (χ1) is 14.6. The third-order valence-electron chi connectivity index (χ3n) is 6.03. The van der Waals surface area contributed by atoms with E-state index in [4.69, 9.17) is 11.6 Å². The second-order valence-electron chi connectivity index (χ2n) is 8.06. The van der Waals surface area contributed by atoms with Crippen molar-refractivity contribution in [3.63, 3.8) is 0 Å². The number of rotatable bonds is 5. The molecule has 0 bridgehead atoms. The van der Waals surface area contributed by atoms with E-state index in [0.29, 0.717) is 28.8 Å². The maximum Gasteiger partial charge on any atom is 0.255 e. The number of amides is 2. The zero-order valence-electron chi connectivity index (χ0n) is 16.9. The largest absolute Gasteiger partial charge is 0.350 e. The van der Waals surface area contributed by atoms with Crippen LogP contribution >= 0.6 is 23.4 Å². The molecule has 1 saturated heterocycles. The SMILES string of the molecule is O=C(NCc1ccccc1)C1CSC(C2CCCCC2)N1C(=O)c1ccc(Cl)cc1. The Balaban J connectivity index is 1.53. The van der Waals surface area contributed by atoms with Crippen LogP contribution in [0.3, 0.4) is 0 Å². The van der Waals surface area contributed by atoms with Crippen molar-refractivity contribution in [1.82, 2.24) is 10.2 Å². The summed E-state index contributed by atoms with van der Waals surface area (Å²) in [7, 11) is 0. The lowest BCUT2D eigenvalue weighted by Gasteiger charge is -2.35. The molecule has 1 aliphatic heterocycles. The number of hydrogen-bond donors (Lipinski definition) is 1. The highest BCUT2D eigenvalue weighted by atomic mass is 35.5. The number of carbonyl (C=O) groups excluding carboxylic acids is 2. The highest BCUT2D eigenvalue weighted by molar-refractivity contribution is 8.00. The van der Waals surface area contributed by atoms with E-state index >= 15 is 0 Å². The topological polar surface area (TPSA) is 49.4 Å². The summed E-state index contributed by atoms with van der Waals surface area (Å²) in [5, 5.41) is 3.70. The average Bonchev–Trinajstić information content (AvgIpc) is 3.24. The summed E-state index contributed by atoms with van der Waals surface area (Å²) in [5.41, 5.74) is 1.64. The van der Waals surface area contributed by atoms with Gasteiger partial charge in [-0.1, -0.05) is 61.2 Å². The van der Waals surface area contributed by atoms with Gasteiger partial charge in [0.2, 0.25) is 5.91 Å². The van der Waals surface area contributed by atoms with E-state index < -0.39 is 6.04 Å². The third-order valence-corrected chi connectivity index (χ3v) is 7.74. The minimum atomic E-state index is -0.450. The lowest BCUT2D eigenvalue weighted by atomic mass is 9.88. The van der Waals surface area contributed by atoms with Crippen LogP contribution in [0.1, 0.15) is 48.0 Å². The molecular weight excluding hydrogens is 416 g/mol. The summed E-state index contributed by atoms with van der Waals surface area (Å²) in [4.78, 5) is 28.4. The maximum atomic E-state index is 13.5. The van der Waals surface area contributed by atoms with Gasteiger partial charge in [0.25, 0.3) is 5.91 Å². The lowest BCUT2D eigenvalue weighted by Crippen LogP contribution is -2.51. The molecule has 0 aromatic heterocycles. The number of hydrogen-bond acceptors (Lipinski definition) is 3. The van der Waals surface area contributed by atoms with Crippen LogP contribution in [0.2, 0.25) is 5.02 Å². The Labute approximate surface area is 187 Å². The molecular formula is C24H27ClN2O2S. The molecule has 0 radical (unpaired) electrons. The summed E-state index contributed by atoms with van der Waals surface area (Å²) in [5.74, 6) is 0.937. The van der Waals surface area contributed by atoms with Crippen LogP contribution in [0.25, 0.3) is 0 Å². The van der Waals surface area contributed by atoms with E-state index in [1.807, 2.05) is 35.2 Å². The average molecular weight is 443 g/mol. The summed E-state index contributed by atoms with van der Waals surface area (Å²) in [6.45, 7) is 0.470. The normalized spacial score (nSPS) is 22.1. The van der Waals surface area contributed by atoms with Crippen molar-refractivity contribution < 1.29 is 9.59 Å². The molecule has 4 rings (SSSR count). The highest BCUT2D eigenvalue weighted by Crippen LogP contribution is 2.41. The molecule has 0 spiro atoms. The van der Waals surface area contributed by atoms with Gasteiger partial charge in [0.05, 0.1) is 5.37 Å². The van der Waals surface area contributed by atoms with Gasteiger partial charge >= 0.3 is 0 Å². The van der Waals surface area contributed by atoms with Crippen molar-refractivity contribution in [2.45, 2.75) is 50.1 Å². The molecule has 2 aromatic rings. The molecule has 6 heteroatoms. The van der Waals surface area contributed by atoms with Crippen LogP contribution in [0.5, 0.6) is 0 Å². The third kappa shape index (κ3) is 4.84. The van der Waals surface area contributed by atoms with Gasteiger partial charge in [-0.3, -0.25) is 9.59 Å². The van der Waals surface area contributed by atoms with E-state index in [-0.39, 0.29) is 17.2 Å². The van der Waals surface area contributed by atoms with Crippen molar-refractivity contribution >= 4 is 35.2 Å². The van der Waals surface area contributed by atoms with Gasteiger partial charge in [-0.15, -0.1) is 11.8 Å². The van der Waals surface area contributed by atoms with Crippen molar-refractivity contribution in [3.8, 4) is 0 Å². The van der Waals surface area contributed by atoms with Crippen LogP contribution in [-0.4, -0.2) is 33.9 Å². The van der Waals surface area contributed by atoms with Gasteiger partial charge < -0.3 is 10.2 Å². The zero-order valence-corrected chi connectivity index (χ0v) is 18.5. The van der Waals surface area contributed by atoms with Gasteiger partial charge in [-0.2, -0.15) is 0 Å². The van der Waals surface area contributed by atoms with Crippen LogP contribution in [-0.2, 0) is 11.3 Å². The standard InChI is InChI=1S/C24H27ClN2O2S/c25-20-13-11-18(12-14-20)23(29)27-21(16-30-24(27)19-9-5-2-6-10-19)22(28)26-15-17-7-3-1-4-8-17/h1,3-4,7-8,11-14,19,21,24H,2,5-6,9-10,15-16H2,(H,26,28). The Hall–Kier alpha value is -1.98. The van der Waals surface area contributed by atoms with Gasteiger partial charge in [-0.25, -0.2) is 0 Å². The molecule has 2 aromatic carbocycles. The Morgan fingerprint density at radius 2 is 1.70 bits per heavy atom. The number of halogens is 1. The molecule has 1 saturated carbocycles. The highest BCUT2D eigenvalue weighted by Gasteiger charge is 2.45. The molecule has 4 nitrogen and oxygen atoms in total. The second kappa shape index (κ2) is 9.88. The first-order valence-corrected chi connectivity index (χ1v) is 12.1. The number of benzene rings is 2. The Morgan fingerprint density at radius 3 is 2.40 bits per heavy atom. The predicted molar refractivity (Wildman–Crippen MR) is 123 cm³/mol. The van der Waals surface area contributed by atoms with E-state index in [1.54, 1.807) is 36.0 Å². The first kappa shape index (κ1) is 21.3. The lowest BCUT2D eigenvalue weighted by molar-refractivity contribution is -0.125. The summed E-state index contributed by atoms with van der Waals surface area (Å²) in [6.07, 6.45) is 5.92. The van der Waals surface area contributed by atoms with Gasteiger partial charge in [-0.05, 0) is 48.6 Å². The monoisotopic (exact) mass is 442 g/mol. The molecule has 2 amide bonds. The summed E-state index contributed by atoms with van der Waals surface area (Å²) < 4.78 is 0.